The lowest BCUT2D eigenvalue weighted by atomic mass is 9.88. The van der Waals surface area contributed by atoms with Crippen molar-refractivity contribution < 1.29 is 19.4 Å². The number of carbonyl (C=O) groups is 1. The normalized spacial score (nSPS) is 16.0. The van der Waals surface area contributed by atoms with Crippen LogP contribution in [0.4, 0.5) is 4.39 Å². The topological polar surface area (TPSA) is 112 Å². The van der Waals surface area contributed by atoms with Gasteiger partial charge in [0.1, 0.15) is 11.4 Å². The van der Waals surface area contributed by atoms with E-state index in [1.54, 1.807) is 6.42 Å². The van der Waals surface area contributed by atoms with E-state index in [2.05, 4.69) is 9.97 Å². The molecule has 0 fully saturated rings. The number of carbonyl (C=O) groups excluding carboxylic acids is 1. The first-order valence-corrected chi connectivity index (χ1v) is 8.56. The summed E-state index contributed by atoms with van der Waals surface area (Å²) in [5.74, 6) is -1.45. The summed E-state index contributed by atoms with van der Waals surface area (Å²) in [6.45, 7) is 1.34. The molecule has 1 heterocycles. The largest absolute Gasteiger partial charge is 0.393 e. The average Bonchev–Trinajstić information content (AvgIpc) is 3.04. The van der Waals surface area contributed by atoms with E-state index in [4.69, 9.17) is 5.73 Å². The number of imidazole rings is 1. The molecule has 0 bridgehead atoms. The quantitative estimate of drug-likeness (QED) is 0.517. The van der Waals surface area contributed by atoms with Gasteiger partial charge in [0.25, 0.3) is 0 Å². The summed E-state index contributed by atoms with van der Waals surface area (Å²) in [5, 5.41) is 20.4. The highest BCUT2D eigenvalue weighted by atomic mass is 19.1. The Morgan fingerprint density at radius 3 is 2.69 bits per heavy atom. The Balaban J connectivity index is 1.98. The fourth-order valence-corrected chi connectivity index (χ4v) is 2.74. The number of primary amides is 1. The molecule has 7 heteroatoms. The van der Waals surface area contributed by atoms with Gasteiger partial charge >= 0.3 is 0 Å². The molecular formula is C19H25FN3O3. The van der Waals surface area contributed by atoms with Crippen molar-refractivity contribution in [2.45, 2.75) is 50.2 Å². The van der Waals surface area contributed by atoms with Crippen molar-refractivity contribution in [2.75, 3.05) is 0 Å². The molecule has 0 saturated carbocycles. The van der Waals surface area contributed by atoms with Crippen molar-refractivity contribution in [1.29, 1.82) is 0 Å². The molecular weight excluding hydrogens is 337 g/mol. The van der Waals surface area contributed by atoms with E-state index in [-0.39, 0.29) is 18.8 Å². The van der Waals surface area contributed by atoms with Crippen molar-refractivity contribution in [3.05, 3.63) is 60.3 Å². The number of benzene rings is 1. The average molecular weight is 362 g/mol. The Morgan fingerprint density at radius 1 is 1.42 bits per heavy atom. The highest BCUT2D eigenvalue weighted by molar-refractivity contribution is 5.82. The van der Waals surface area contributed by atoms with E-state index in [0.29, 0.717) is 18.7 Å². The van der Waals surface area contributed by atoms with Crippen LogP contribution >= 0.6 is 0 Å². The Morgan fingerprint density at radius 2 is 2.12 bits per heavy atom. The zero-order valence-electron chi connectivity index (χ0n) is 14.7. The van der Waals surface area contributed by atoms with Crippen molar-refractivity contribution in [1.82, 2.24) is 9.97 Å². The predicted octanol–water partition coefficient (Wildman–Crippen LogP) is 1.85. The van der Waals surface area contributed by atoms with E-state index in [1.807, 2.05) is 30.3 Å². The van der Waals surface area contributed by atoms with Gasteiger partial charge in [-0.05, 0) is 44.6 Å². The van der Waals surface area contributed by atoms with E-state index in [1.165, 1.54) is 6.92 Å². The van der Waals surface area contributed by atoms with Gasteiger partial charge < -0.3 is 20.9 Å². The molecule has 1 aromatic heterocycles. The number of hydrogen-bond donors (Lipinski definition) is 4. The molecule has 3 atom stereocenters. The second-order valence-electron chi connectivity index (χ2n) is 6.71. The summed E-state index contributed by atoms with van der Waals surface area (Å²) in [7, 11) is 0. The van der Waals surface area contributed by atoms with Crippen LogP contribution in [-0.2, 0) is 11.2 Å². The third kappa shape index (κ3) is 5.93. The van der Waals surface area contributed by atoms with Crippen molar-refractivity contribution in [3.8, 4) is 0 Å². The smallest absolute Gasteiger partial charge is 0.249 e. The molecule has 1 unspecified atom stereocenters. The second kappa shape index (κ2) is 8.91. The molecule has 5 N–H and O–H groups in total. The maximum atomic E-state index is 13.3. The molecule has 0 aliphatic carbocycles. The summed E-state index contributed by atoms with van der Waals surface area (Å²) >= 11 is 0. The number of rotatable bonds is 10. The number of nitrogens with zero attached hydrogens (tertiary/aromatic N) is 1. The van der Waals surface area contributed by atoms with Crippen molar-refractivity contribution >= 4 is 5.91 Å². The van der Waals surface area contributed by atoms with Crippen LogP contribution in [0.25, 0.3) is 0 Å². The molecule has 6 nitrogen and oxygen atoms in total. The van der Waals surface area contributed by atoms with E-state index in [0.717, 1.165) is 11.8 Å². The van der Waals surface area contributed by atoms with Gasteiger partial charge in [0.15, 0.2) is 0 Å². The molecule has 141 valence electrons. The van der Waals surface area contributed by atoms with Gasteiger partial charge in [0, 0.05) is 5.92 Å². The number of aliphatic hydroxyl groups is 2. The molecule has 2 rings (SSSR count). The molecule has 0 aliphatic heterocycles. The minimum absolute atomic E-state index is 0.0841. The summed E-state index contributed by atoms with van der Waals surface area (Å²) in [6.07, 6.45) is 3.45. The predicted molar refractivity (Wildman–Crippen MR) is 95.4 cm³/mol. The first-order valence-electron chi connectivity index (χ1n) is 8.56. The molecule has 1 aromatic carbocycles. The number of nitrogens with one attached hydrogen (secondary N) is 1. The SMILES string of the molecule is CC(O)(CC[C@H](C[C@@H](O)[CH]Cc1ccccc1)c1nc(F)c[nH]1)C(N)=O. The third-order valence-electron chi connectivity index (χ3n) is 4.46. The standard InChI is InChI=1S/C19H25FN3O3/c1-19(26,18(21)25)10-9-14(17-22-12-16(20)23-17)11-15(24)8-7-13-5-3-2-4-6-13/h2-6,8,12,14-15,24,26H,7,9-11H2,1H3,(H2,21,25)(H,22,23)/t14-,15+,19?/m1/s1. The third-order valence-corrected chi connectivity index (χ3v) is 4.46. The number of H-pyrrole nitrogens is 1. The van der Waals surface area contributed by atoms with Gasteiger partial charge in [-0.2, -0.15) is 4.39 Å². The van der Waals surface area contributed by atoms with E-state index < -0.39 is 23.6 Å². The lowest BCUT2D eigenvalue weighted by Crippen LogP contribution is -2.41. The minimum atomic E-state index is -1.66. The monoisotopic (exact) mass is 362 g/mol. The number of aromatic amines is 1. The first kappa shape index (κ1) is 20.1. The van der Waals surface area contributed by atoms with Crippen LogP contribution in [-0.4, -0.2) is 37.8 Å². The summed E-state index contributed by atoms with van der Waals surface area (Å²) in [6, 6.07) is 9.71. The Bertz CT molecular complexity index is 703. The summed E-state index contributed by atoms with van der Waals surface area (Å²) in [5.41, 5.74) is 4.59. The van der Waals surface area contributed by atoms with Crippen molar-refractivity contribution in [3.63, 3.8) is 0 Å². The Labute approximate surface area is 152 Å². The molecule has 0 spiro atoms. The van der Waals surface area contributed by atoms with Crippen LogP contribution in [0.5, 0.6) is 0 Å². The number of nitrogens with two attached hydrogens (primary N) is 1. The van der Waals surface area contributed by atoms with Gasteiger partial charge in [0.05, 0.1) is 12.3 Å². The number of aromatic nitrogens is 2. The summed E-state index contributed by atoms with van der Waals surface area (Å²) in [4.78, 5) is 17.8. The molecule has 1 amide bonds. The molecule has 2 aromatic rings. The minimum Gasteiger partial charge on any atom is -0.393 e. The Hall–Kier alpha value is -2.25. The number of aliphatic hydroxyl groups excluding tert-OH is 1. The van der Waals surface area contributed by atoms with Crippen LogP contribution in [0.15, 0.2) is 36.5 Å². The van der Waals surface area contributed by atoms with Crippen LogP contribution in [0.3, 0.4) is 0 Å². The van der Waals surface area contributed by atoms with Crippen LogP contribution < -0.4 is 5.73 Å². The number of amides is 1. The van der Waals surface area contributed by atoms with Crippen LogP contribution in [0.1, 0.15) is 43.5 Å². The Kier molecular flexibility index (Phi) is 6.88. The maximum Gasteiger partial charge on any atom is 0.249 e. The van der Waals surface area contributed by atoms with E-state index >= 15 is 0 Å². The van der Waals surface area contributed by atoms with E-state index in [9.17, 15) is 19.4 Å². The van der Waals surface area contributed by atoms with Gasteiger partial charge in [0.2, 0.25) is 11.9 Å². The fraction of sp³-hybridized carbons (Fsp3) is 0.421. The number of halogens is 1. The molecule has 0 saturated heterocycles. The van der Waals surface area contributed by atoms with Gasteiger partial charge in [-0.25, -0.2) is 4.98 Å². The maximum absolute atomic E-state index is 13.3. The summed E-state index contributed by atoms with van der Waals surface area (Å²) < 4.78 is 13.3. The highest BCUT2D eigenvalue weighted by Gasteiger charge is 2.30. The van der Waals surface area contributed by atoms with Crippen LogP contribution in [0.2, 0.25) is 0 Å². The lowest BCUT2D eigenvalue weighted by Gasteiger charge is -2.23. The van der Waals surface area contributed by atoms with Gasteiger partial charge in [-0.1, -0.05) is 30.3 Å². The highest BCUT2D eigenvalue weighted by Crippen LogP contribution is 2.28. The van der Waals surface area contributed by atoms with Crippen molar-refractivity contribution in [2.24, 2.45) is 5.73 Å². The number of hydrogen-bond acceptors (Lipinski definition) is 4. The van der Waals surface area contributed by atoms with Gasteiger partial charge in [-0.3, -0.25) is 4.79 Å². The second-order valence-corrected chi connectivity index (χ2v) is 6.71. The molecule has 0 aliphatic rings. The lowest BCUT2D eigenvalue weighted by molar-refractivity contribution is -0.135. The van der Waals surface area contributed by atoms with Gasteiger partial charge in [-0.15, -0.1) is 0 Å². The first-order chi connectivity index (χ1) is 12.3. The zero-order valence-corrected chi connectivity index (χ0v) is 14.7. The van der Waals surface area contributed by atoms with Crippen LogP contribution in [0, 0.1) is 12.4 Å². The fourth-order valence-electron chi connectivity index (χ4n) is 2.74. The molecule has 26 heavy (non-hydrogen) atoms. The molecule has 1 radical (unpaired) electrons. The zero-order chi connectivity index (χ0) is 19.2.